The smallest absolute Gasteiger partial charge is 0.133 e. The van der Waals surface area contributed by atoms with Gasteiger partial charge in [0.25, 0.3) is 0 Å². The Labute approximate surface area is 156 Å². The Balaban J connectivity index is 1.53. The van der Waals surface area contributed by atoms with Gasteiger partial charge in [0.15, 0.2) is 0 Å². The number of rotatable bonds is 9. The van der Waals surface area contributed by atoms with Gasteiger partial charge >= 0.3 is 0 Å². The molecule has 1 saturated heterocycles. The molecule has 2 heterocycles. The van der Waals surface area contributed by atoms with Gasteiger partial charge in [-0.05, 0) is 53.0 Å². The number of benzene rings is 1. The van der Waals surface area contributed by atoms with Gasteiger partial charge < -0.3 is 19.0 Å². The summed E-state index contributed by atoms with van der Waals surface area (Å²) in [6, 6.07) is 11.5. The molecule has 136 valence electrons. The van der Waals surface area contributed by atoms with Crippen LogP contribution in [0.15, 0.2) is 51.6 Å². The Kier molecular flexibility index (Phi) is 6.93. The Bertz CT molecular complexity index is 628. The molecule has 0 radical (unpaired) electrons. The fourth-order valence-electron chi connectivity index (χ4n) is 3.00. The van der Waals surface area contributed by atoms with E-state index in [-0.39, 0.29) is 12.7 Å². The molecule has 25 heavy (non-hydrogen) atoms. The summed E-state index contributed by atoms with van der Waals surface area (Å²) in [6.07, 6.45) is 3.48. The van der Waals surface area contributed by atoms with E-state index < -0.39 is 6.10 Å². The summed E-state index contributed by atoms with van der Waals surface area (Å²) in [5, 5.41) is 10.4. The van der Waals surface area contributed by atoms with Crippen LogP contribution in [0.4, 0.5) is 0 Å². The van der Waals surface area contributed by atoms with Gasteiger partial charge in [0.05, 0.1) is 23.4 Å². The number of furan rings is 1. The van der Waals surface area contributed by atoms with Gasteiger partial charge in [-0.25, -0.2) is 0 Å². The van der Waals surface area contributed by atoms with Crippen LogP contribution < -0.4 is 4.74 Å². The van der Waals surface area contributed by atoms with Crippen LogP contribution in [0.5, 0.6) is 5.75 Å². The van der Waals surface area contributed by atoms with Gasteiger partial charge in [-0.3, -0.25) is 4.90 Å². The van der Waals surface area contributed by atoms with Crippen molar-refractivity contribution in [3.63, 3.8) is 0 Å². The van der Waals surface area contributed by atoms with Crippen molar-refractivity contribution < 1.29 is 19.0 Å². The molecular weight excluding hydrogens is 386 g/mol. The van der Waals surface area contributed by atoms with E-state index in [1.807, 2.05) is 36.4 Å². The maximum atomic E-state index is 10.4. The van der Waals surface area contributed by atoms with Crippen molar-refractivity contribution >= 4 is 15.9 Å². The predicted octanol–water partition coefficient (Wildman–Crippen LogP) is 3.46. The molecule has 1 aromatic heterocycles. The molecule has 0 bridgehead atoms. The quantitative estimate of drug-likeness (QED) is 0.686. The van der Waals surface area contributed by atoms with Crippen LogP contribution in [0, 0.1) is 0 Å². The molecule has 0 amide bonds. The fraction of sp³-hybridized carbons (Fsp3) is 0.474. The second-order valence-corrected chi connectivity index (χ2v) is 7.16. The second-order valence-electron chi connectivity index (χ2n) is 6.30. The number of hydrogen-bond acceptors (Lipinski definition) is 5. The minimum Gasteiger partial charge on any atom is -0.490 e. The lowest BCUT2D eigenvalue weighted by atomic mass is 10.2. The molecule has 0 saturated carbocycles. The third-order valence-corrected chi connectivity index (χ3v) is 4.84. The van der Waals surface area contributed by atoms with Crippen LogP contribution in [-0.2, 0) is 11.3 Å². The molecule has 1 aliphatic rings. The van der Waals surface area contributed by atoms with E-state index in [1.54, 1.807) is 6.26 Å². The van der Waals surface area contributed by atoms with E-state index in [4.69, 9.17) is 13.9 Å². The first-order valence-corrected chi connectivity index (χ1v) is 9.42. The molecule has 6 heteroatoms. The van der Waals surface area contributed by atoms with Crippen LogP contribution in [-0.4, -0.2) is 48.5 Å². The number of aliphatic hydroxyl groups excluding tert-OH is 1. The van der Waals surface area contributed by atoms with E-state index in [2.05, 4.69) is 20.8 Å². The van der Waals surface area contributed by atoms with Crippen LogP contribution in [0.1, 0.15) is 18.6 Å². The zero-order valence-electron chi connectivity index (χ0n) is 14.1. The Morgan fingerprint density at radius 1 is 1.28 bits per heavy atom. The summed E-state index contributed by atoms with van der Waals surface area (Å²) < 4.78 is 17.8. The van der Waals surface area contributed by atoms with E-state index in [0.29, 0.717) is 13.1 Å². The van der Waals surface area contributed by atoms with Crippen molar-refractivity contribution in [2.45, 2.75) is 31.6 Å². The van der Waals surface area contributed by atoms with E-state index in [1.165, 1.54) is 0 Å². The normalized spacial score (nSPS) is 18.6. The van der Waals surface area contributed by atoms with Gasteiger partial charge in [0, 0.05) is 19.7 Å². The monoisotopic (exact) mass is 409 g/mol. The standard InChI is InChI=1S/C19H24BrNO4/c20-18-7-1-2-8-19(18)25-14-15(22)11-21(12-16-5-3-9-23-16)13-17-6-4-10-24-17/h1-3,5,7-9,15,17,22H,4,6,10-14H2. The zero-order chi connectivity index (χ0) is 17.5. The summed E-state index contributed by atoms with van der Waals surface area (Å²) >= 11 is 3.45. The SMILES string of the molecule is OC(COc1ccccc1Br)CN(Cc1ccco1)CC1CCCO1. The highest BCUT2D eigenvalue weighted by Gasteiger charge is 2.22. The molecule has 1 aromatic carbocycles. The lowest BCUT2D eigenvalue weighted by molar-refractivity contribution is 0.0289. The van der Waals surface area contributed by atoms with Gasteiger partial charge in [-0.15, -0.1) is 0 Å². The van der Waals surface area contributed by atoms with Crippen molar-refractivity contribution in [2.24, 2.45) is 0 Å². The first kappa shape index (κ1) is 18.5. The topological polar surface area (TPSA) is 55.1 Å². The summed E-state index contributed by atoms with van der Waals surface area (Å²) in [4.78, 5) is 2.17. The molecule has 1 fully saturated rings. The maximum Gasteiger partial charge on any atom is 0.133 e. The van der Waals surface area contributed by atoms with Gasteiger partial charge in [-0.1, -0.05) is 12.1 Å². The highest BCUT2D eigenvalue weighted by Crippen LogP contribution is 2.24. The molecule has 0 aliphatic carbocycles. The average molecular weight is 410 g/mol. The predicted molar refractivity (Wildman–Crippen MR) is 98.6 cm³/mol. The Hall–Kier alpha value is -1.34. The highest BCUT2D eigenvalue weighted by atomic mass is 79.9. The number of aliphatic hydroxyl groups is 1. The number of ether oxygens (including phenoxy) is 2. The lowest BCUT2D eigenvalue weighted by Gasteiger charge is -2.26. The molecule has 3 rings (SSSR count). The second kappa shape index (κ2) is 9.38. The van der Waals surface area contributed by atoms with Crippen molar-refractivity contribution in [1.29, 1.82) is 0 Å². The van der Waals surface area contributed by atoms with Crippen LogP contribution >= 0.6 is 15.9 Å². The summed E-state index contributed by atoms with van der Waals surface area (Å²) in [7, 11) is 0. The molecule has 2 atom stereocenters. The van der Waals surface area contributed by atoms with Crippen LogP contribution in [0.25, 0.3) is 0 Å². The summed E-state index contributed by atoms with van der Waals surface area (Å²) in [5.41, 5.74) is 0. The Morgan fingerprint density at radius 3 is 2.88 bits per heavy atom. The van der Waals surface area contributed by atoms with Gasteiger partial charge in [0.2, 0.25) is 0 Å². The fourth-order valence-corrected chi connectivity index (χ4v) is 3.40. The lowest BCUT2D eigenvalue weighted by Crippen LogP contribution is -2.39. The van der Waals surface area contributed by atoms with Crippen LogP contribution in [0.2, 0.25) is 0 Å². The third-order valence-electron chi connectivity index (χ3n) is 4.18. The van der Waals surface area contributed by atoms with Crippen LogP contribution in [0.3, 0.4) is 0 Å². The molecule has 1 aliphatic heterocycles. The van der Waals surface area contributed by atoms with Crippen molar-refractivity contribution in [2.75, 3.05) is 26.3 Å². The van der Waals surface area contributed by atoms with Gasteiger partial charge in [-0.2, -0.15) is 0 Å². The van der Waals surface area contributed by atoms with Crippen molar-refractivity contribution in [1.82, 2.24) is 4.90 Å². The maximum absolute atomic E-state index is 10.4. The third kappa shape index (κ3) is 5.85. The molecule has 2 aromatic rings. The van der Waals surface area contributed by atoms with E-state index in [0.717, 1.165) is 42.0 Å². The molecule has 2 unspecified atom stereocenters. The highest BCUT2D eigenvalue weighted by molar-refractivity contribution is 9.10. The first-order valence-electron chi connectivity index (χ1n) is 8.62. The van der Waals surface area contributed by atoms with Crippen molar-refractivity contribution in [3.8, 4) is 5.75 Å². The molecule has 1 N–H and O–H groups in total. The number of hydrogen-bond donors (Lipinski definition) is 1. The number of para-hydroxylation sites is 1. The Morgan fingerprint density at radius 2 is 2.16 bits per heavy atom. The number of halogens is 1. The molecule has 5 nitrogen and oxygen atoms in total. The van der Waals surface area contributed by atoms with E-state index in [9.17, 15) is 5.11 Å². The minimum atomic E-state index is -0.594. The average Bonchev–Trinajstić information content (AvgIpc) is 3.28. The molecule has 0 spiro atoms. The summed E-state index contributed by atoms with van der Waals surface area (Å²) in [6.45, 7) is 3.01. The minimum absolute atomic E-state index is 0.228. The molecular formula is C19H24BrNO4. The first-order chi connectivity index (χ1) is 12.2. The zero-order valence-corrected chi connectivity index (χ0v) is 15.7. The van der Waals surface area contributed by atoms with Gasteiger partial charge in [0.1, 0.15) is 24.2 Å². The van der Waals surface area contributed by atoms with Crippen molar-refractivity contribution in [3.05, 3.63) is 52.9 Å². The largest absolute Gasteiger partial charge is 0.490 e. The summed E-state index contributed by atoms with van der Waals surface area (Å²) in [5.74, 6) is 1.62. The van der Waals surface area contributed by atoms with E-state index >= 15 is 0 Å². The number of nitrogens with zero attached hydrogens (tertiary/aromatic N) is 1.